The molecule has 160 valence electrons. The monoisotopic (exact) mass is 459 g/mol. The fraction of sp³-hybridized carbons (Fsp3) is 0.409. The van der Waals surface area contributed by atoms with Crippen LogP contribution in [0.5, 0.6) is 0 Å². The van der Waals surface area contributed by atoms with Crippen LogP contribution in [0.25, 0.3) is 0 Å². The van der Waals surface area contributed by atoms with Gasteiger partial charge in [0.15, 0.2) is 0 Å². The van der Waals surface area contributed by atoms with Gasteiger partial charge in [-0.05, 0) is 72.9 Å². The highest BCUT2D eigenvalue weighted by Crippen LogP contribution is 2.60. The van der Waals surface area contributed by atoms with Gasteiger partial charge in [-0.15, -0.1) is 0 Å². The van der Waals surface area contributed by atoms with Gasteiger partial charge in [-0.3, -0.25) is 4.79 Å². The van der Waals surface area contributed by atoms with Crippen molar-refractivity contribution in [3.63, 3.8) is 0 Å². The molecule has 2 aromatic rings. The highest BCUT2D eigenvalue weighted by atomic mass is 35.5. The molecule has 1 saturated carbocycles. The fourth-order valence-electron chi connectivity index (χ4n) is 4.17. The highest BCUT2D eigenvalue weighted by Gasteiger charge is 2.63. The Balaban J connectivity index is 1.55. The van der Waals surface area contributed by atoms with Crippen LogP contribution in [0.2, 0.25) is 10.0 Å². The van der Waals surface area contributed by atoms with E-state index in [0.717, 1.165) is 23.1 Å². The maximum absolute atomic E-state index is 13.2. The summed E-state index contributed by atoms with van der Waals surface area (Å²) in [5.41, 5.74) is 0.973. The molecule has 1 fully saturated rings. The third-order valence-electron chi connectivity index (χ3n) is 6.18. The van der Waals surface area contributed by atoms with E-state index < -0.39 is 23.9 Å². The third kappa shape index (κ3) is 4.04. The molecule has 0 saturated heterocycles. The quantitative estimate of drug-likeness (QED) is 0.486. The van der Waals surface area contributed by atoms with Crippen molar-refractivity contribution in [2.75, 3.05) is 5.32 Å². The summed E-state index contributed by atoms with van der Waals surface area (Å²) in [6, 6.07) is 8.02. The Morgan fingerprint density at radius 2 is 1.83 bits per heavy atom. The second kappa shape index (κ2) is 7.72. The number of benzene rings is 2. The zero-order valence-electron chi connectivity index (χ0n) is 15.9. The van der Waals surface area contributed by atoms with Crippen LogP contribution in [-0.2, 0) is 17.6 Å². The maximum Gasteiger partial charge on any atom is 0.395 e. The lowest BCUT2D eigenvalue weighted by Crippen LogP contribution is -2.29. The Morgan fingerprint density at radius 3 is 2.43 bits per heavy atom. The lowest BCUT2D eigenvalue weighted by Gasteiger charge is -2.27. The van der Waals surface area contributed by atoms with Gasteiger partial charge in [0.2, 0.25) is 5.91 Å². The molecule has 1 amide bonds. The summed E-state index contributed by atoms with van der Waals surface area (Å²) in [5, 5.41) is 2.98. The van der Waals surface area contributed by atoms with Gasteiger partial charge < -0.3 is 5.32 Å². The minimum absolute atomic E-state index is 0.0467. The van der Waals surface area contributed by atoms with Gasteiger partial charge in [0, 0.05) is 6.42 Å². The first-order chi connectivity index (χ1) is 14.1. The molecule has 0 aromatic heterocycles. The van der Waals surface area contributed by atoms with E-state index >= 15 is 0 Å². The van der Waals surface area contributed by atoms with Crippen LogP contribution in [0.3, 0.4) is 0 Å². The molecule has 2 aromatic carbocycles. The summed E-state index contributed by atoms with van der Waals surface area (Å²) in [6.45, 7) is 0. The number of carbonyl (C=O) groups is 1. The highest BCUT2D eigenvalue weighted by molar-refractivity contribution is 6.40. The SMILES string of the molecule is O=C(CC1(C(F)(F)F)CC1)Nc1c(Cl)cc2c(c1Cl)CC(c1ccc(F)cc1)CC2. The van der Waals surface area contributed by atoms with Crippen LogP contribution in [0.15, 0.2) is 30.3 Å². The number of hydrogen-bond acceptors (Lipinski definition) is 1. The van der Waals surface area contributed by atoms with Crippen LogP contribution in [0.4, 0.5) is 23.2 Å². The molecule has 30 heavy (non-hydrogen) atoms. The van der Waals surface area contributed by atoms with E-state index in [4.69, 9.17) is 23.2 Å². The van der Waals surface area contributed by atoms with Crippen LogP contribution < -0.4 is 5.32 Å². The molecule has 1 unspecified atom stereocenters. The second-order valence-corrected chi connectivity index (χ2v) is 8.96. The van der Waals surface area contributed by atoms with Gasteiger partial charge in [-0.1, -0.05) is 35.3 Å². The van der Waals surface area contributed by atoms with E-state index in [0.29, 0.717) is 12.8 Å². The Hall–Kier alpha value is -1.79. The molecule has 0 radical (unpaired) electrons. The minimum atomic E-state index is -4.41. The molecule has 0 spiro atoms. The molecule has 2 aliphatic rings. The van der Waals surface area contributed by atoms with Crippen molar-refractivity contribution < 1.29 is 22.4 Å². The van der Waals surface area contributed by atoms with Gasteiger partial charge in [0.25, 0.3) is 0 Å². The van der Waals surface area contributed by atoms with Crippen molar-refractivity contribution in [1.29, 1.82) is 0 Å². The Labute approximate surface area is 181 Å². The number of aryl methyl sites for hydroxylation is 1. The molecule has 2 aliphatic carbocycles. The first-order valence-corrected chi connectivity index (χ1v) is 10.5. The van der Waals surface area contributed by atoms with Crippen molar-refractivity contribution in [2.45, 2.75) is 50.6 Å². The lowest BCUT2D eigenvalue weighted by molar-refractivity contribution is -0.189. The van der Waals surface area contributed by atoms with Crippen LogP contribution in [-0.4, -0.2) is 12.1 Å². The number of hydrogen-bond donors (Lipinski definition) is 1. The largest absolute Gasteiger partial charge is 0.395 e. The average Bonchev–Trinajstić information content (AvgIpc) is 3.46. The predicted molar refractivity (Wildman–Crippen MR) is 109 cm³/mol. The summed E-state index contributed by atoms with van der Waals surface area (Å²) >= 11 is 12.8. The fourth-order valence-corrected chi connectivity index (χ4v) is 4.84. The molecule has 1 N–H and O–H groups in total. The van der Waals surface area contributed by atoms with E-state index in [1.807, 2.05) is 0 Å². The van der Waals surface area contributed by atoms with Crippen molar-refractivity contribution >= 4 is 34.8 Å². The maximum atomic E-state index is 13.2. The molecule has 0 heterocycles. The van der Waals surface area contributed by atoms with Crippen molar-refractivity contribution in [2.24, 2.45) is 5.41 Å². The molecule has 0 aliphatic heterocycles. The summed E-state index contributed by atoms with van der Waals surface area (Å²) in [5.74, 6) is -0.933. The van der Waals surface area contributed by atoms with Crippen LogP contribution in [0, 0.1) is 11.2 Å². The van der Waals surface area contributed by atoms with Gasteiger partial charge in [0.1, 0.15) is 5.82 Å². The normalized spacial score (nSPS) is 19.9. The second-order valence-electron chi connectivity index (χ2n) is 8.18. The lowest BCUT2D eigenvalue weighted by atomic mass is 9.80. The Bertz CT molecular complexity index is 984. The number of alkyl halides is 3. The molecule has 0 bridgehead atoms. The van der Waals surface area contributed by atoms with Gasteiger partial charge in [0.05, 0.1) is 21.1 Å². The van der Waals surface area contributed by atoms with Crippen molar-refractivity contribution in [3.8, 4) is 0 Å². The topological polar surface area (TPSA) is 29.1 Å². The smallest absolute Gasteiger partial charge is 0.324 e. The number of carbonyl (C=O) groups excluding carboxylic acids is 1. The molecular weight excluding hydrogens is 441 g/mol. The van der Waals surface area contributed by atoms with Gasteiger partial charge in [-0.2, -0.15) is 13.2 Å². The summed E-state index contributed by atoms with van der Waals surface area (Å²) in [4.78, 5) is 12.3. The summed E-state index contributed by atoms with van der Waals surface area (Å²) in [6.07, 6.45) is -3.02. The number of rotatable bonds is 4. The van der Waals surface area contributed by atoms with E-state index in [9.17, 15) is 22.4 Å². The standard InChI is InChI=1S/C22H19Cl2F4NO/c23-17-10-14-2-1-13(12-3-5-15(25)6-4-12)9-16(14)19(24)20(17)29-18(30)11-21(7-8-21)22(26,27)28/h3-6,10,13H,1-2,7-9,11H2,(H,29,30). The van der Waals surface area contributed by atoms with E-state index in [1.165, 1.54) is 12.1 Å². The first-order valence-electron chi connectivity index (χ1n) is 9.71. The number of amides is 1. The Morgan fingerprint density at radius 1 is 1.17 bits per heavy atom. The summed E-state index contributed by atoms with van der Waals surface area (Å²) < 4.78 is 52.7. The molecule has 2 nitrogen and oxygen atoms in total. The van der Waals surface area contributed by atoms with Gasteiger partial charge in [-0.25, -0.2) is 4.39 Å². The van der Waals surface area contributed by atoms with E-state index in [2.05, 4.69) is 5.32 Å². The van der Waals surface area contributed by atoms with E-state index in [-0.39, 0.29) is 40.3 Å². The van der Waals surface area contributed by atoms with Crippen molar-refractivity contribution in [1.82, 2.24) is 0 Å². The summed E-state index contributed by atoms with van der Waals surface area (Å²) in [7, 11) is 0. The van der Waals surface area contributed by atoms with Crippen molar-refractivity contribution in [3.05, 3.63) is 62.9 Å². The zero-order valence-corrected chi connectivity index (χ0v) is 17.4. The first kappa shape index (κ1) is 21.4. The van der Waals surface area contributed by atoms with Gasteiger partial charge >= 0.3 is 6.18 Å². The molecule has 1 atom stereocenters. The number of fused-ring (bicyclic) bond motifs is 1. The molecule has 4 rings (SSSR count). The number of halogens is 6. The Kier molecular flexibility index (Phi) is 5.52. The van der Waals surface area contributed by atoms with Crippen LogP contribution in [0.1, 0.15) is 48.3 Å². The molecule has 8 heteroatoms. The third-order valence-corrected chi connectivity index (χ3v) is 6.90. The average molecular weight is 460 g/mol. The van der Waals surface area contributed by atoms with Crippen LogP contribution >= 0.6 is 23.2 Å². The minimum Gasteiger partial charge on any atom is -0.324 e. The molecular formula is C22H19Cl2F4NO. The van der Waals surface area contributed by atoms with E-state index in [1.54, 1.807) is 18.2 Å². The number of anilines is 1. The number of nitrogens with one attached hydrogen (secondary N) is 1. The predicted octanol–water partition coefficient (Wildman–Crippen LogP) is 7.08. The zero-order chi connectivity index (χ0) is 21.7.